The monoisotopic (exact) mass is 264 g/mol. The highest BCUT2D eigenvalue weighted by molar-refractivity contribution is 4.76. The summed E-state index contributed by atoms with van der Waals surface area (Å²) in [5.41, 5.74) is 0. The Balaban J connectivity index is 1.77. The molecule has 0 aromatic rings. The number of fused-ring (bicyclic) bond motifs is 1. The smallest absolute Gasteiger partial charge is 0.0386 e. The van der Waals surface area contributed by atoms with Gasteiger partial charge in [0, 0.05) is 0 Å². The van der Waals surface area contributed by atoms with E-state index in [9.17, 15) is 0 Å². The molecule has 0 nitrogen and oxygen atoms in total. The number of rotatable bonds is 0. The summed E-state index contributed by atoms with van der Waals surface area (Å²) in [4.78, 5) is 0. The standard InChI is InChI=1S/C19H36/c1-17-11-5-2-3-7-13-18-15-9-10-16-19(18)14-8-4-6-12-17/h17-19H,2-16H2,1H3. The topological polar surface area (TPSA) is 0 Å². The van der Waals surface area contributed by atoms with Crippen molar-refractivity contribution in [2.24, 2.45) is 17.8 Å². The summed E-state index contributed by atoms with van der Waals surface area (Å²) in [6, 6.07) is 0. The van der Waals surface area contributed by atoms with Crippen LogP contribution in [0, 0.1) is 17.8 Å². The van der Waals surface area contributed by atoms with E-state index in [4.69, 9.17) is 0 Å². The molecule has 0 bridgehead atoms. The minimum atomic E-state index is 0.991. The van der Waals surface area contributed by atoms with E-state index in [1.807, 2.05) is 0 Å². The van der Waals surface area contributed by atoms with Crippen LogP contribution in [-0.2, 0) is 0 Å². The molecule has 0 aliphatic heterocycles. The second-order valence-corrected chi connectivity index (χ2v) is 7.54. The lowest BCUT2D eigenvalue weighted by Gasteiger charge is -2.32. The van der Waals surface area contributed by atoms with Gasteiger partial charge in [-0.1, -0.05) is 103 Å². The van der Waals surface area contributed by atoms with Crippen LogP contribution in [0.5, 0.6) is 0 Å². The zero-order valence-electron chi connectivity index (χ0n) is 13.3. The van der Waals surface area contributed by atoms with E-state index in [0.717, 1.165) is 17.8 Å². The molecule has 0 N–H and O–H groups in total. The number of hydrogen-bond donors (Lipinski definition) is 0. The molecule has 0 amide bonds. The lowest BCUT2D eigenvalue weighted by molar-refractivity contribution is 0.201. The van der Waals surface area contributed by atoms with Gasteiger partial charge >= 0.3 is 0 Å². The molecule has 2 aliphatic rings. The van der Waals surface area contributed by atoms with Crippen molar-refractivity contribution in [1.82, 2.24) is 0 Å². The van der Waals surface area contributed by atoms with Gasteiger partial charge in [-0.3, -0.25) is 0 Å². The molecule has 0 aromatic carbocycles. The summed E-state index contributed by atoms with van der Waals surface area (Å²) in [6.45, 7) is 2.48. The molecular weight excluding hydrogens is 228 g/mol. The third-order valence-corrected chi connectivity index (χ3v) is 5.86. The average Bonchev–Trinajstić information content (AvgIpc) is 2.43. The van der Waals surface area contributed by atoms with Gasteiger partial charge in [0.1, 0.15) is 0 Å². The zero-order chi connectivity index (χ0) is 13.3. The van der Waals surface area contributed by atoms with Gasteiger partial charge in [0.15, 0.2) is 0 Å². The van der Waals surface area contributed by atoms with Crippen molar-refractivity contribution in [2.75, 3.05) is 0 Å². The van der Waals surface area contributed by atoms with Crippen LogP contribution in [0.3, 0.4) is 0 Å². The molecule has 19 heavy (non-hydrogen) atoms. The molecule has 0 saturated heterocycles. The number of hydrogen-bond acceptors (Lipinski definition) is 0. The Kier molecular flexibility index (Phi) is 7.32. The summed E-state index contributed by atoms with van der Waals surface area (Å²) in [5, 5.41) is 0. The molecule has 2 rings (SSSR count). The van der Waals surface area contributed by atoms with E-state index in [1.165, 1.54) is 70.6 Å². The van der Waals surface area contributed by atoms with E-state index in [2.05, 4.69) is 6.92 Å². The van der Waals surface area contributed by atoms with Crippen molar-refractivity contribution in [1.29, 1.82) is 0 Å². The van der Waals surface area contributed by atoms with Crippen molar-refractivity contribution >= 4 is 0 Å². The normalized spacial score (nSPS) is 36.2. The third-order valence-electron chi connectivity index (χ3n) is 5.86. The minimum absolute atomic E-state index is 0.991. The van der Waals surface area contributed by atoms with Crippen LogP contribution in [0.15, 0.2) is 0 Å². The predicted octanol–water partition coefficient (Wildman–Crippen LogP) is 6.73. The molecule has 0 aromatic heterocycles. The lowest BCUT2D eigenvalue weighted by Crippen LogP contribution is -2.19. The highest BCUT2D eigenvalue weighted by Gasteiger charge is 2.24. The fourth-order valence-corrected chi connectivity index (χ4v) is 4.52. The van der Waals surface area contributed by atoms with E-state index >= 15 is 0 Å². The molecule has 0 heterocycles. The van der Waals surface area contributed by atoms with Crippen LogP contribution in [0.25, 0.3) is 0 Å². The first kappa shape index (κ1) is 15.4. The van der Waals surface area contributed by atoms with Gasteiger partial charge in [-0.25, -0.2) is 0 Å². The zero-order valence-corrected chi connectivity index (χ0v) is 13.3. The van der Waals surface area contributed by atoms with Crippen LogP contribution in [-0.4, -0.2) is 0 Å². The van der Waals surface area contributed by atoms with Gasteiger partial charge < -0.3 is 0 Å². The van der Waals surface area contributed by atoms with Crippen LogP contribution < -0.4 is 0 Å². The maximum absolute atomic E-state index is 2.48. The molecule has 3 unspecified atom stereocenters. The van der Waals surface area contributed by atoms with E-state index in [0.29, 0.717) is 0 Å². The van der Waals surface area contributed by atoms with Crippen molar-refractivity contribution < 1.29 is 0 Å². The van der Waals surface area contributed by atoms with Gasteiger partial charge in [0.25, 0.3) is 0 Å². The predicted molar refractivity (Wildman–Crippen MR) is 85.4 cm³/mol. The summed E-state index contributed by atoms with van der Waals surface area (Å²) in [5.74, 6) is 3.20. The molecule has 3 atom stereocenters. The molecule has 0 radical (unpaired) electrons. The van der Waals surface area contributed by atoms with Gasteiger partial charge in [-0.05, 0) is 17.8 Å². The fraction of sp³-hybridized carbons (Fsp3) is 1.00. The van der Waals surface area contributed by atoms with Crippen LogP contribution in [0.2, 0.25) is 0 Å². The maximum Gasteiger partial charge on any atom is -0.0386 e. The Morgan fingerprint density at radius 3 is 1.21 bits per heavy atom. The quantitative estimate of drug-likeness (QED) is 0.455. The molecule has 0 heteroatoms. The van der Waals surface area contributed by atoms with Gasteiger partial charge in [0.05, 0.1) is 0 Å². The maximum atomic E-state index is 2.48. The summed E-state index contributed by atoms with van der Waals surface area (Å²) >= 11 is 0. The van der Waals surface area contributed by atoms with Crippen LogP contribution in [0.4, 0.5) is 0 Å². The summed E-state index contributed by atoms with van der Waals surface area (Å²) in [6.07, 6.45) is 22.8. The van der Waals surface area contributed by atoms with Crippen molar-refractivity contribution in [3.05, 3.63) is 0 Å². The Labute approximate surface area is 121 Å². The van der Waals surface area contributed by atoms with Gasteiger partial charge in [-0.15, -0.1) is 0 Å². The van der Waals surface area contributed by atoms with E-state index < -0.39 is 0 Å². The van der Waals surface area contributed by atoms with Crippen molar-refractivity contribution in [3.63, 3.8) is 0 Å². The Bertz CT molecular complexity index is 220. The molecule has 112 valence electrons. The van der Waals surface area contributed by atoms with Crippen molar-refractivity contribution in [3.8, 4) is 0 Å². The highest BCUT2D eigenvalue weighted by Crippen LogP contribution is 2.37. The van der Waals surface area contributed by atoms with E-state index in [-0.39, 0.29) is 0 Å². The Hall–Kier alpha value is 0. The molecule has 0 spiro atoms. The molecule has 2 saturated carbocycles. The average molecular weight is 264 g/mol. The first-order chi connectivity index (χ1) is 9.36. The third kappa shape index (κ3) is 5.88. The van der Waals surface area contributed by atoms with Crippen molar-refractivity contribution in [2.45, 2.75) is 103 Å². The summed E-state index contributed by atoms with van der Waals surface area (Å²) < 4.78 is 0. The first-order valence-electron chi connectivity index (χ1n) is 9.36. The lowest BCUT2D eigenvalue weighted by atomic mass is 9.74. The second kappa shape index (κ2) is 9.03. The largest absolute Gasteiger partial charge is 0.0625 e. The van der Waals surface area contributed by atoms with Gasteiger partial charge in [-0.2, -0.15) is 0 Å². The SMILES string of the molecule is CC1CCCCCCC2CCCCC2CCCCC1. The molecule has 2 fully saturated rings. The van der Waals surface area contributed by atoms with Gasteiger partial charge in [0.2, 0.25) is 0 Å². The summed E-state index contributed by atoms with van der Waals surface area (Å²) in [7, 11) is 0. The Morgan fingerprint density at radius 1 is 0.421 bits per heavy atom. The molecule has 2 aliphatic carbocycles. The van der Waals surface area contributed by atoms with E-state index in [1.54, 1.807) is 25.7 Å². The van der Waals surface area contributed by atoms with Crippen LogP contribution in [0.1, 0.15) is 103 Å². The molecular formula is C19H36. The second-order valence-electron chi connectivity index (χ2n) is 7.54. The Morgan fingerprint density at radius 2 is 0.737 bits per heavy atom. The van der Waals surface area contributed by atoms with Crippen LogP contribution >= 0.6 is 0 Å². The minimum Gasteiger partial charge on any atom is -0.0625 e. The first-order valence-corrected chi connectivity index (χ1v) is 9.36. The fourth-order valence-electron chi connectivity index (χ4n) is 4.52. The highest BCUT2D eigenvalue weighted by atomic mass is 14.3.